The summed E-state index contributed by atoms with van der Waals surface area (Å²) < 4.78 is 58.0. The molecule has 12 atom stereocenters. The summed E-state index contributed by atoms with van der Waals surface area (Å²) in [6.07, 6.45) is -1.49. The fourth-order valence-electron chi connectivity index (χ4n) is 11.8. The summed E-state index contributed by atoms with van der Waals surface area (Å²) in [4.78, 5) is 93.2. The molecule has 21 heteroatoms. The maximum atomic E-state index is 17.8. The zero-order valence-electron chi connectivity index (χ0n) is 40.4. The van der Waals surface area contributed by atoms with E-state index in [1.54, 1.807) is 45.0 Å². The van der Waals surface area contributed by atoms with Crippen LogP contribution in [0.2, 0.25) is 0 Å². The number of carbonyl (C=O) groups excluding carboxylic acids is 7. The van der Waals surface area contributed by atoms with Crippen molar-refractivity contribution >= 4 is 47.3 Å². The van der Waals surface area contributed by atoms with Crippen LogP contribution < -0.4 is 27.4 Å². The number of hydrogen-bond acceptors (Lipinski definition) is 13. The first-order valence-corrected chi connectivity index (χ1v) is 24.2. The Balaban J connectivity index is 0.914. The molecular weight excluding hydrogens is 917 g/mol. The predicted molar refractivity (Wildman–Crippen MR) is 248 cm³/mol. The zero-order chi connectivity index (χ0) is 50.9. The normalized spacial score (nSPS) is 32.9. The third kappa shape index (κ3) is 9.65. The van der Waals surface area contributed by atoms with E-state index in [-0.39, 0.29) is 76.5 Å². The number of rotatable bonds is 16. The minimum absolute atomic E-state index is 0.00686. The van der Waals surface area contributed by atoms with Crippen molar-refractivity contribution in [3.8, 4) is 0 Å². The molecular formula is C49H67F2N7O12. The summed E-state index contributed by atoms with van der Waals surface area (Å²) in [6.45, 7) is 8.48. The topological polar surface area (TPSA) is 271 Å². The van der Waals surface area contributed by atoms with E-state index in [1.165, 1.54) is 28.9 Å². The lowest BCUT2D eigenvalue weighted by atomic mass is 9.44. The molecule has 4 aliphatic carbocycles. The largest absolute Gasteiger partial charge is 0.445 e. The van der Waals surface area contributed by atoms with Gasteiger partial charge in [0.05, 0.1) is 18.2 Å². The number of anilines is 1. The van der Waals surface area contributed by atoms with Gasteiger partial charge in [0.1, 0.15) is 18.8 Å². The monoisotopic (exact) mass is 983 g/mol. The number of nitrogens with zero attached hydrogens (tertiary/aromatic N) is 2. The second-order valence-electron chi connectivity index (χ2n) is 20.2. The van der Waals surface area contributed by atoms with Crippen LogP contribution in [0, 0.1) is 28.6 Å². The molecule has 6 aliphatic rings. The highest BCUT2D eigenvalue weighted by molar-refractivity contribution is 6.01. The third-order valence-electron chi connectivity index (χ3n) is 15.7. The zero-order valence-corrected chi connectivity index (χ0v) is 40.4. The summed E-state index contributed by atoms with van der Waals surface area (Å²) in [5, 5.41) is 19.8. The minimum atomic E-state index is -2.37. The highest BCUT2D eigenvalue weighted by Crippen LogP contribution is 2.72. The van der Waals surface area contributed by atoms with E-state index < -0.39 is 119 Å². The smallest absolute Gasteiger partial charge is 0.410 e. The number of amides is 6. The van der Waals surface area contributed by atoms with Gasteiger partial charge < -0.3 is 61.3 Å². The molecule has 2 unspecified atom stereocenters. The number of nitrogens with two attached hydrogens (primary N) is 2. The minimum Gasteiger partial charge on any atom is -0.445 e. The number of primary amides is 1. The Bertz CT molecular complexity index is 2260. The Morgan fingerprint density at radius 1 is 0.971 bits per heavy atom. The fourth-order valence-corrected chi connectivity index (χ4v) is 11.8. The molecule has 0 radical (unpaired) electrons. The molecule has 1 aromatic rings. The summed E-state index contributed by atoms with van der Waals surface area (Å²) in [7, 11) is 0. The highest BCUT2D eigenvalue weighted by Gasteiger charge is 2.80. The highest BCUT2D eigenvalue weighted by atomic mass is 19.1. The second kappa shape index (κ2) is 20.7. The maximum Gasteiger partial charge on any atom is 0.410 e. The molecule has 0 aromatic heterocycles. The third-order valence-corrected chi connectivity index (χ3v) is 15.7. The maximum absolute atomic E-state index is 17.8. The number of urea groups is 1. The lowest BCUT2D eigenvalue weighted by Crippen LogP contribution is -2.71. The van der Waals surface area contributed by atoms with Gasteiger partial charge in [0.2, 0.25) is 17.6 Å². The van der Waals surface area contributed by atoms with Gasteiger partial charge in [0, 0.05) is 55.2 Å². The van der Waals surface area contributed by atoms with Crippen LogP contribution in [0.25, 0.3) is 0 Å². The van der Waals surface area contributed by atoms with E-state index in [1.807, 2.05) is 6.92 Å². The summed E-state index contributed by atoms with van der Waals surface area (Å²) in [6, 6.07) is 4.05. The average molecular weight is 984 g/mol. The van der Waals surface area contributed by atoms with Gasteiger partial charge in [-0.25, -0.2) is 23.2 Å². The Kier molecular flexibility index (Phi) is 15.5. The lowest BCUT2D eigenvalue weighted by Gasteiger charge is -2.63. The second-order valence-corrected chi connectivity index (χ2v) is 20.2. The van der Waals surface area contributed by atoms with Crippen LogP contribution in [-0.2, 0) is 44.7 Å². The summed E-state index contributed by atoms with van der Waals surface area (Å²) in [5.74, 6) is -3.96. The number of benzene rings is 1. The lowest BCUT2D eigenvalue weighted by molar-refractivity contribution is -0.234. The van der Waals surface area contributed by atoms with E-state index in [9.17, 15) is 38.7 Å². The number of fused-ring (bicyclic) bond motifs is 7. The molecule has 0 bridgehead atoms. The molecule has 19 nitrogen and oxygen atoms in total. The fraction of sp³-hybridized carbons (Fsp3) is 0.653. The SMILES string of the molecule is CCCC1O[C@@H]2C[C@H]3[C@@H]4C[C@H](F)C5=CC(=O)C=C[C@]5(C)[C@@]4(F)[C@@H](O)C[C@]3(C)[C@]2(C(=O)COC(=O)N2CCN(C(=O)OCc3ccc(NC(=O)[C@H](CCCNC(N)=O)NC(=O)C(N)C(C)C)cc3)CC2)O1. The number of aliphatic hydroxyl groups is 1. The van der Waals surface area contributed by atoms with Crippen molar-refractivity contribution in [2.45, 2.75) is 134 Å². The van der Waals surface area contributed by atoms with Crippen LogP contribution >= 0.6 is 0 Å². The molecule has 384 valence electrons. The Labute approximate surface area is 405 Å². The molecule has 1 aromatic carbocycles. The van der Waals surface area contributed by atoms with Crippen molar-refractivity contribution in [2.75, 3.05) is 44.6 Å². The molecule has 2 heterocycles. The van der Waals surface area contributed by atoms with Gasteiger partial charge in [0.25, 0.3) is 0 Å². The summed E-state index contributed by atoms with van der Waals surface area (Å²) in [5.41, 5.74) is 5.17. The number of hydrogen-bond donors (Lipinski definition) is 6. The van der Waals surface area contributed by atoms with E-state index in [4.69, 9.17) is 30.4 Å². The predicted octanol–water partition coefficient (Wildman–Crippen LogP) is 3.71. The molecule has 3 saturated carbocycles. The standard InChI is InChI=1S/C49H67F2N7O12/c1-6-8-39-69-38-23-31-32-22-34(50)33-21-30(59)14-15-46(33,4)48(32,51)36(60)24-47(31,5)49(38,70-39)37(61)26-68-45(66)58-19-17-57(18-20-58)44(65)67-25-28-10-12-29(13-11-28)55-41(62)35(9-7-16-54-43(53)64)56-42(63)40(52)27(2)3/h10-15,21,27,31-32,34-36,38-40,60H,6-9,16-20,22-26,52H2,1-5H3,(H,55,62)(H,56,63)(H3,53,54,64)/t31-,32-,34-,35-,36-,38+,39?,40?,46-,47-,48-,49+/m0/s1. The Morgan fingerprint density at radius 2 is 1.63 bits per heavy atom. The van der Waals surface area contributed by atoms with Crippen LogP contribution in [-0.4, -0.2) is 144 Å². The number of nitrogens with one attached hydrogen (secondary N) is 3. The van der Waals surface area contributed by atoms with E-state index in [0.717, 1.165) is 6.08 Å². The molecule has 7 rings (SSSR count). The molecule has 5 fully saturated rings. The first-order chi connectivity index (χ1) is 33.1. The number of aliphatic hydroxyl groups excluding tert-OH is 1. The van der Waals surface area contributed by atoms with Crippen molar-refractivity contribution in [2.24, 2.45) is 40.1 Å². The van der Waals surface area contributed by atoms with Gasteiger partial charge in [-0.15, -0.1) is 0 Å². The van der Waals surface area contributed by atoms with Crippen LogP contribution in [0.1, 0.15) is 85.1 Å². The van der Waals surface area contributed by atoms with Crippen molar-refractivity contribution in [3.63, 3.8) is 0 Å². The van der Waals surface area contributed by atoms with Gasteiger partial charge in [0.15, 0.2) is 29.9 Å². The molecule has 70 heavy (non-hydrogen) atoms. The van der Waals surface area contributed by atoms with Gasteiger partial charge in [-0.3, -0.25) is 19.2 Å². The summed E-state index contributed by atoms with van der Waals surface area (Å²) >= 11 is 0. The van der Waals surface area contributed by atoms with Crippen LogP contribution in [0.3, 0.4) is 0 Å². The van der Waals surface area contributed by atoms with Gasteiger partial charge in [-0.2, -0.15) is 0 Å². The number of Topliss-reactive ketones (excluding diaryl/α,β-unsaturated/α-hetero) is 1. The van der Waals surface area contributed by atoms with Crippen molar-refractivity contribution in [1.29, 1.82) is 0 Å². The molecule has 0 spiro atoms. The van der Waals surface area contributed by atoms with Gasteiger partial charge in [-0.05, 0) is 92.7 Å². The number of allylic oxidation sites excluding steroid dienone is 4. The Hall–Kier alpha value is -5.51. The van der Waals surface area contributed by atoms with Gasteiger partial charge in [-0.1, -0.05) is 52.3 Å². The van der Waals surface area contributed by atoms with Crippen molar-refractivity contribution < 1.29 is 66.4 Å². The number of alkyl halides is 2. The number of carbonyl (C=O) groups is 7. The molecule has 6 amide bonds. The van der Waals surface area contributed by atoms with E-state index in [0.29, 0.717) is 30.5 Å². The molecule has 8 N–H and O–H groups in total. The van der Waals surface area contributed by atoms with E-state index in [2.05, 4.69) is 16.0 Å². The molecule has 2 saturated heterocycles. The number of piperazine rings is 1. The quantitative estimate of drug-likeness (QED) is 0.129. The molecule has 2 aliphatic heterocycles. The van der Waals surface area contributed by atoms with E-state index >= 15 is 8.78 Å². The van der Waals surface area contributed by atoms with Crippen LogP contribution in [0.15, 0.2) is 48.1 Å². The van der Waals surface area contributed by atoms with Crippen molar-refractivity contribution in [3.05, 3.63) is 53.6 Å². The average Bonchev–Trinajstić information content (AvgIpc) is 3.81. The number of halogens is 2. The number of ketones is 2. The van der Waals surface area contributed by atoms with Crippen LogP contribution in [0.4, 0.5) is 28.9 Å². The van der Waals surface area contributed by atoms with Crippen LogP contribution in [0.5, 0.6) is 0 Å². The first-order valence-electron chi connectivity index (χ1n) is 24.2. The first kappa shape index (κ1) is 52.3. The van der Waals surface area contributed by atoms with Gasteiger partial charge >= 0.3 is 18.2 Å². The Morgan fingerprint density at radius 3 is 2.26 bits per heavy atom. The van der Waals surface area contributed by atoms with Crippen molar-refractivity contribution in [1.82, 2.24) is 20.4 Å². The number of ether oxygens (including phenoxy) is 4.